The van der Waals surface area contributed by atoms with Gasteiger partial charge in [-0.3, -0.25) is 9.59 Å². The van der Waals surface area contributed by atoms with E-state index in [0.29, 0.717) is 42.5 Å². The molecule has 15 atom stereocenters. The number of carbonyl (C=O) groups is 3. The number of benzene rings is 1. The Balaban J connectivity index is 0.997. The molecule has 348 valence electrons. The van der Waals surface area contributed by atoms with Crippen LogP contribution in [-0.2, 0) is 46.2 Å². The normalized spacial score (nSPS) is 45.5. The zero-order valence-electron chi connectivity index (χ0n) is 37.7. The number of nitrogens with one attached hydrogen (secondary N) is 2. The van der Waals surface area contributed by atoms with Gasteiger partial charge in [-0.05, 0) is 119 Å². The highest BCUT2D eigenvalue weighted by molar-refractivity contribution is 5.92. The van der Waals surface area contributed by atoms with Crippen molar-refractivity contribution in [3.8, 4) is 0 Å². The van der Waals surface area contributed by atoms with Crippen LogP contribution in [0.3, 0.4) is 0 Å². The van der Waals surface area contributed by atoms with Gasteiger partial charge >= 0.3 is 11.9 Å². The molecule has 0 bridgehead atoms. The standard InChI is InChI=1S/C51H68N2O11/c1-47(2)42-41(57)43(58)50(32-11-7-10-29(21-32)20-28-8-5-4-6-9-28)38(49(42)26-61-40(56)23-39(49)63-47)16-18-48(3)44(62-46(59)45-51(48,50)64-45)33-17-19-60-37(33)22-34(36(55)25-54)30-12-14-31(15-13-30)35-24-52-27-53-35/h4-6,8-9,17,19,29-32,34-36,38-39,42-45,52-55,58H,7,10-16,18,20-27H2,1-3H3/t29-,30?,31?,32+,34+,35-,36-,38-,39+,42-,43-,44+,45-,48+,49+,50+,51-/m1/s1. The van der Waals surface area contributed by atoms with E-state index in [-0.39, 0.29) is 61.0 Å². The molecule has 4 saturated carbocycles. The number of aliphatic hydroxyl groups excluding tert-OH is 3. The third-order valence-electron chi connectivity index (χ3n) is 19.3. The number of furan rings is 1. The van der Waals surface area contributed by atoms with E-state index in [1.165, 1.54) is 5.56 Å². The van der Waals surface area contributed by atoms with Crippen molar-refractivity contribution in [3.63, 3.8) is 0 Å². The molecular weight excluding hydrogens is 817 g/mol. The van der Waals surface area contributed by atoms with Crippen molar-refractivity contribution in [2.45, 2.75) is 152 Å². The quantitative estimate of drug-likeness (QED) is 0.159. The number of carbonyl (C=O) groups excluding carboxylic acids is 3. The van der Waals surface area contributed by atoms with Crippen LogP contribution in [0.5, 0.6) is 0 Å². The van der Waals surface area contributed by atoms with Gasteiger partial charge in [-0.25, -0.2) is 4.79 Å². The van der Waals surface area contributed by atoms with E-state index >= 15 is 4.79 Å². The molecule has 5 saturated heterocycles. The second-order valence-electron chi connectivity index (χ2n) is 22.4. The van der Waals surface area contributed by atoms with Gasteiger partial charge in [-0.15, -0.1) is 0 Å². The molecular formula is C51H68N2O11. The Morgan fingerprint density at radius 3 is 2.48 bits per heavy atom. The first-order chi connectivity index (χ1) is 30.8. The average molecular weight is 885 g/mol. The van der Waals surface area contributed by atoms with Crippen LogP contribution < -0.4 is 10.6 Å². The molecule has 0 radical (unpaired) electrons. The number of epoxide rings is 1. The topological polar surface area (TPSA) is 189 Å². The maximum atomic E-state index is 15.6. The fraction of sp³-hybridized carbons (Fsp3) is 0.745. The van der Waals surface area contributed by atoms with Gasteiger partial charge in [-0.1, -0.05) is 50.1 Å². The van der Waals surface area contributed by atoms with Gasteiger partial charge in [0.1, 0.15) is 30.2 Å². The first kappa shape index (κ1) is 43.4. The maximum absolute atomic E-state index is 15.6. The fourth-order valence-electron chi connectivity index (χ4n) is 16.8. The number of hydrogen-bond donors (Lipinski definition) is 5. The molecule has 13 nitrogen and oxygen atoms in total. The zero-order valence-corrected chi connectivity index (χ0v) is 37.7. The number of esters is 2. The van der Waals surface area contributed by atoms with E-state index < -0.39 is 69.9 Å². The van der Waals surface area contributed by atoms with Crippen molar-refractivity contribution in [2.75, 3.05) is 26.4 Å². The summed E-state index contributed by atoms with van der Waals surface area (Å²) >= 11 is 0. The van der Waals surface area contributed by atoms with E-state index in [1.54, 1.807) is 6.26 Å². The molecule has 2 spiro atoms. The van der Waals surface area contributed by atoms with Crippen LogP contribution in [0.1, 0.15) is 114 Å². The minimum absolute atomic E-state index is 0.0113. The van der Waals surface area contributed by atoms with Crippen LogP contribution in [0, 0.1) is 57.7 Å². The molecule has 13 heteroatoms. The number of hydrogen-bond acceptors (Lipinski definition) is 13. The van der Waals surface area contributed by atoms with Crippen molar-refractivity contribution < 1.29 is 53.1 Å². The molecule has 1 aromatic heterocycles. The zero-order chi connectivity index (χ0) is 44.4. The lowest BCUT2D eigenvalue weighted by Gasteiger charge is -2.70. The summed E-state index contributed by atoms with van der Waals surface area (Å²) in [6.07, 6.45) is 6.44. The van der Waals surface area contributed by atoms with Crippen molar-refractivity contribution in [2.24, 2.45) is 57.7 Å². The predicted molar refractivity (Wildman–Crippen MR) is 231 cm³/mol. The van der Waals surface area contributed by atoms with Gasteiger partial charge in [0, 0.05) is 47.5 Å². The Kier molecular flexibility index (Phi) is 10.6. The van der Waals surface area contributed by atoms with Gasteiger partial charge in [0.25, 0.3) is 0 Å². The smallest absolute Gasteiger partial charge is 0.339 e. The van der Waals surface area contributed by atoms with Crippen LogP contribution in [0.2, 0.25) is 0 Å². The van der Waals surface area contributed by atoms with E-state index in [9.17, 15) is 24.9 Å². The van der Waals surface area contributed by atoms with Gasteiger partial charge < -0.3 is 49.3 Å². The van der Waals surface area contributed by atoms with Gasteiger partial charge in [0.15, 0.2) is 11.9 Å². The molecule has 4 aliphatic carbocycles. The third-order valence-corrected chi connectivity index (χ3v) is 19.3. The van der Waals surface area contributed by atoms with Gasteiger partial charge in [0.05, 0.1) is 43.0 Å². The van der Waals surface area contributed by atoms with Crippen LogP contribution in [0.25, 0.3) is 0 Å². The monoisotopic (exact) mass is 884 g/mol. The van der Waals surface area contributed by atoms with Crippen molar-refractivity contribution in [1.29, 1.82) is 0 Å². The Morgan fingerprint density at radius 2 is 1.73 bits per heavy atom. The number of cyclic esters (lactones) is 2. The van der Waals surface area contributed by atoms with Crippen molar-refractivity contribution >= 4 is 17.7 Å². The molecule has 0 amide bonds. The molecule has 5 N–H and O–H groups in total. The second-order valence-corrected chi connectivity index (χ2v) is 22.4. The number of ketones is 1. The highest BCUT2D eigenvalue weighted by Crippen LogP contribution is 2.82. The summed E-state index contributed by atoms with van der Waals surface area (Å²) in [4.78, 5) is 43.4. The molecule has 2 aromatic rings. The molecule has 9 aliphatic rings. The van der Waals surface area contributed by atoms with Crippen molar-refractivity contribution in [1.82, 2.24) is 10.6 Å². The van der Waals surface area contributed by atoms with Crippen LogP contribution in [0.15, 0.2) is 47.1 Å². The Hall–Kier alpha value is -3.17. The van der Waals surface area contributed by atoms with Crippen LogP contribution >= 0.6 is 0 Å². The minimum Gasteiger partial charge on any atom is -0.469 e. The van der Waals surface area contributed by atoms with Crippen molar-refractivity contribution in [3.05, 3.63) is 59.5 Å². The number of aliphatic hydroxyl groups is 3. The molecule has 11 rings (SSSR count). The van der Waals surface area contributed by atoms with Crippen LogP contribution in [0.4, 0.5) is 0 Å². The maximum Gasteiger partial charge on any atom is 0.339 e. The number of ether oxygens (including phenoxy) is 4. The van der Waals surface area contributed by atoms with E-state index in [0.717, 1.165) is 71.0 Å². The highest BCUT2D eigenvalue weighted by atomic mass is 16.7. The van der Waals surface area contributed by atoms with Crippen LogP contribution in [-0.4, -0.2) is 101 Å². The first-order valence-corrected chi connectivity index (χ1v) is 24.6. The van der Waals surface area contributed by atoms with E-state index in [4.69, 9.17) is 23.4 Å². The summed E-state index contributed by atoms with van der Waals surface area (Å²) in [5.74, 6) is -1.17. The third kappa shape index (κ3) is 6.08. The minimum atomic E-state index is -1.47. The summed E-state index contributed by atoms with van der Waals surface area (Å²) < 4.78 is 32.9. The Morgan fingerprint density at radius 1 is 0.938 bits per heavy atom. The number of Topliss-reactive ketones (excluding diaryl/α,β-unsaturated/α-hetero) is 1. The molecule has 0 unspecified atom stereocenters. The Bertz CT molecular complexity index is 2110. The molecule has 6 heterocycles. The Labute approximate surface area is 376 Å². The van der Waals surface area contributed by atoms with E-state index in [1.807, 2.05) is 26.0 Å². The largest absolute Gasteiger partial charge is 0.469 e. The number of fused-ring (bicyclic) bond motifs is 1. The summed E-state index contributed by atoms with van der Waals surface area (Å²) in [6.45, 7) is 7.37. The number of rotatable bonds is 10. The molecule has 64 heavy (non-hydrogen) atoms. The first-order valence-electron chi connectivity index (χ1n) is 24.6. The van der Waals surface area contributed by atoms with Gasteiger partial charge in [-0.2, -0.15) is 0 Å². The summed E-state index contributed by atoms with van der Waals surface area (Å²) in [5.41, 5.74) is -3.40. The average Bonchev–Trinajstić information content (AvgIpc) is 3.54. The predicted octanol–water partition coefficient (Wildman–Crippen LogP) is 4.97. The van der Waals surface area contributed by atoms with E-state index in [2.05, 4.69) is 41.8 Å². The fourth-order valence-corrected chi connectivity index (χ4v) is 16.8. The lowest BCUT2D eigenvalue weighted by Crippen LogP contribution is -2.79. The lowest BCUT2D eigenvalue weighted by atomic mass is 9.32. The summed E-state index contributed by atoms with van der Waals surface area (Å²) in [6, 6.07) is 12.8. The highest BCUT2D eigenvalue weighted by Gasteiger charge is 2.93. The SMILES string of the molecule is CC1(C)O[C@H]2CC(=O)OC[C@@]23[C@@H]1C(=O)[C@@H](O)[C@]1([C@H]2CCC[C@H](Cc4ccccc4)C2)[C@@H]3CC[C@@]2(C)[C@H](c3ccoc3C[C@@H](C3CCC([C@H]4CNCN4)CC3)[C@H](O)CO)OC(=O)[C@H]3O[C@@]312. The lowest BCUT2D eigenvalue weighted by molar-refractivity contribution is -0.276. The second kappa shape index (κ2) is 15.7. The molecule has 5 aliphatic heterocycles. The molecule has 9 fully saturated rings. The summed E-state index contributed by atoms with van der Waals surface area (Å²) in [7, 11) is 0. The molecule has 1 aromatic carbocycles. The summed E-state index contributed by atoms with van der Waals surface area (Å²) in [5, 5.41) is 42.2. The van der Waals surface area contributed by atoms with Gasteiger partial charge in [0.2, 0.25) is 0 Å².